The van der Waals surface area contributed by atoms with Gasteiger partial charge in [0.2, 0.25) is 5.91 Å². The second kappa shape index (κ2) is 8.29. The van der Waals surface area contributed by atoms with Crippen LogP contribution in [0, 0.1) is 0 Å². The van der Waals surface area contributed by atoms with Crippen LogP contribution in [0.5, 0.6) is 0 Å². The normalized spacial score (nSPS) is 23.9. The number of nitrogens with one attached hydrogen (secondary N) is 2. The van der Waals surface area contributed by atoms with E-state index in [1.54, 1.807) is 0 Å². The molecule has 1 atom stereocenters. The first-order valence-corrected chi connectivity index (χ1v) is 9.50. The van der Waals surface area contributed by atoms with Gasteiger partial charge in [-0.2, -0.15) is 0 Å². The van der Waals surface area contributed by atoms with Gasteiger partial charge in [-0.3, -0.25) is 9.69 Å². The summed E-state index contributed by atoms with van der Waals surface area (Å²) in [7, 11) is 2.01. The van der Waals surface area contributed by atoms with Crippen LogP contribution in [0.1, 0.15) is 38.6 Å². The summed E-state index contributed by atoms with van der Waals surface area (Å²) in [5.41, 5.74) is 0. The monoisotopic (exact) mass is 348 g/mol. The predicted molar refractivity (Wildman–Crippen MR) is 98.3 cm³/mol. The van der Waals surface area contributed by atoms with Crippen molar-refractivity contribution in [2.24, 2.45) is 7.05 Å². The Morgan fingerprint density at radius 2 is 2.12 bits per heavy atom. The van der Waals surface area contributed by atoms with Crippen LogP contribution in [0.15, 0.2) is 12.4 Å². The standard InChI is InChI=1S/C18H32N6O/c1-14(2)23-8-4-15(5-9-23)21-17(25)13-24-11-6-19-12-16(24)18-20-7-10-22(18)3/h7,10,14-16,19H,4-6,8-9,11-13H2,1-3H3,(H,21,25). The van der Waals surface area contributed by atoms with Crippen molar-refractivity contribution < 1.29 is 4.79 Å². The predicted octanol–water partition coefficient (Wildman–Crippen LogP) is 0.355. The minimum absolute atomic E-state index is 0.143. The Hall–Kier alpha value is -1.44. The maximum Gasteiger partial charge on any atom is 0.234 e. The number of hydrogen-bond donors (Lipinski definition) is 2. The third-order valence-corrected chi connectivity index (χ3v) is 5.48. The molecule has 3 heterocycles. The Kier molecular flexibility index (Phi) is 6.09. The highest BCUT2D eigenvalue weighted by atomic mass is 16.2. The van der Waals surface area contributed by atoms with Crippen molar-refractivity contribution in [2.45, 2.75) is 44.8 Å². The highest BCUT2D eigenvalue weighted by Gasteiger charge is 2.29. The van der Waals surface area contributed by atoms with E-state index in [9.17, 15) is 4.79 Å². The largest absolute Gasteiger partial charge is 0.352 e. The number of rotatable bonds is 5. The van der Waals surface area contributed by atoms with E-state index >= 15 is 0 Å². The summed E-state index contributed by atoms with van der Waals surface area (Å²) in [6.07, 6.45) is 5.89. The molecule has 0 radical (unpaired) electrons. The fraction of sp³-hybridized carbons (Fsp3) is 0.778. The van der Waals surface area contributed by atoms with Crippen LogP contribution in [0.25, 0.3) is 0 Å². The lowest BCUT2D eigenvalue weighted by Gasteiger charge is -2.37. The lowest BCUT2D eigenvalue weighted by molar-refractivity contribution is -0.124. The van der Waals surface area contributed by atoms with Crippen molar-refractivity contribution >= 4 is 5.91 Å². The van der Waals surface area contributed by atoms with E-state index in [1.165, 1.54) is 0 Å². The van der Waals surface area contributed by atoms with Gasteiger partial charge in [-0.1, -0.05) is 0 Å². The topological polar surface area (TPSA) is 65.4 Å². The van der Waals surface area contributed by atoms with Gasteiger partial charge in [-0.05, 0) is 26.7 Å². The maximum absolute atomic E-state index is 12.6. The number of aryl methyl sites for hydroxylation is 1. The average Bonchev–Trinajstić information content (AvgIpc) is 3.01. The zero-order valence-corrected chi connectivity index (χ0v) is 15.7. The first-order chi connectivity index (χ1) is 12.0. The van der Waals surface area contributed by atoms with Gasteiger partial charge >= 0.3 is 0 Å². The molecule has 1 amide bonds. The molecule has 0 saturated carbocycles. The van der Waals surface area contributed by atoms with Crippen molar-refractivity contribution in [1.82, 2.24) is 30.0 Å². The molecule has 0 aromatic carbocycles. The number of piperidine rings is 1. The Labute approximate surface area is 150 Å². The van der Waals surface area contributed by atoms with Gasteiger partial charge in [0.1, 0.15) is 5.82 Å². The molecule has 2 aliphatic heterocycles. The van der Waals surface area contributed by atoms with Crippen LogP contribution in [0.4, 0.5) is 0 Å². The Morgan fingerprint density at radius 1 is 1.36 bits per heavy atom. The maximum atomic E-state index is 12.6. The molecule has 0 bridgehead atoms. The second-order valence-electron chi connectivity index (χ2n) is 7.56. The van der Waals surface area contributed by atoms with E-state index in [2.05, 4.69) is 39.3 Å². The molecule has 2 fully saturated rings. The van der Waals surface area contributed by atoms with E-state index in [0.717, 1.165) is 51.4 Å². The third kappa shape index (κ3) is 4.59. The first kappa shape index (κ1) is 18.4. The fourth-order valence-corrected chi connectivity index (χ4v) is 3.91. The van der Waals surface area contributed by atoms with Gasteiger partial charge < -0.3 is 20.1 Å². The molecular weight excluding hydrogens is 316 g/mol. The number of piperazine rings is 1. The van der Waals surface area contributed by atoms with Crippen LogP contribution in [-0.2, 0) is 11.8 Å². The molecule has 25 heavy (non-hydrogen) atoms. The van der Waals surface area contributed by atoms with E-state index < -0.39 is 0 Å². The lowest BCUT2D eigenvalue weighted by Crippen LogP contribution is -2.52. The van der Waals surface area contributed by atoms with Crippen molar-refractivity contribution in [3.05, 3.63) is 18.2 Å². The molecule has 7 nitrogen and oxygen atoms in total. The summed E-state index contributed by atoms with van der Waals surface area (Å²) in [5.74, 6) is 1.16. The Bertz CT molecular complexity index is 564. The van der Waals surface area contributed by atoms with Crippen molar-refractivity contribution in [2.75, 3.05) is 39.3 Å². The zero-order chi connectivity index (χ0) is 17.8. The summed E-state index contributed by atoms with van der Waals surface area (Å²) < 4.78 is 2.05. The molecule has 1 aromatic heterocycles. The smallest absolute Gasteiger partial charge is 0.234 e. The third-order valence-electron chi connectivity index (χ3n) is 5.48. The van der Waals surface area contributed by atoms with Crippen LogP contribution in [-0.4, -0.2) is 76.6 Å². The van der Waals surface area contributed by atoms with Gasteiger partial charge in [0.25, 0.3) is 0 Å². The summed E-state index contributed by atoms with van der Waals surface area (Å²) in [4.78, 5) is 21.8. The van der Waals surface area contributed by atoms with Gasteiger partial charge in [-0.15, -0.1) is 0 Å². The van der Waals surface area contributed by atoms with Crippen molar-refractivity contribution in [3.8, 4) is 0 Å². The number of hydrogen-bond acceptors (Lipinski definition) is 5. The summed E-state index contributed by atoms with van der Waals surface area (Å²) in [6, 6.07) is 1.07. The van der Waals surface area contributed by atoms with Crippen LogP contribution < -0.4 is 10.6 Å². The number of carbonyl (C=O) groups is 1. The van der Waals surface area contributed by atoms with Gasteiger partial charge in [-0.25, -0.2) is 4.98 Å². The number of amides is 1. The number of imidazole rings is 1. The number of nitrogens with zero attached hydrogens (tertiary/aromatic N) is 4. The molecule has 7 heteroatoms. The minimum Gasteiger partial charge on any atom is -0.352 e. The SMILES string of the molecule is CC(C)N1CCC(NC(=O)CN2CCNCC2c2nccn2C)CC1. The fourth-order valence-electron chi connectivity index (χ4n) is 3.91. The molecule has 140 valence electrons. The Morgan fingerprint density at radius 3 is 2.76 bits per heavy atom. The number of carbonyl (C=O) groups excluding carboxylic acids is 1. The van der Waals surface area contributed by atoms with E-state index in [4.69, 9.17) is 0 Å². The Balaban J connectivity index is 1.52. The molecule has 1 unspecified atom stereocenters. The van der Waals surface area contributed by atoms with E-state index in [-0.39, 0.29) is 11.9 Å². The molecule has 2 saturated heterocycles. The highest BCUT2D eigenvalue weighted by molar-refractivity contribution is 5.78. The number of likely N-dealkylation sites (tertiary alicyclic amines) is 1. The van der Waals surface area contributed by atoms with Crippen LogP contribution >= 0.6 is 0 Å². The molecule has 0 aliphatic carbocycles. The minimum atomic E-state index is 0.143. The van der Waals surface area contributed by atoms with E-state index in [0.29, 0.717) is 18.6 Å². The van der Waals surface area contributed by atoms with Crippen LogP contribution in [0.2, 0.25) is 0 Å². The van der Waals surface area contributed by atoms with Crippen molar-refractivity contribution in [3.63, 3.8) is 0 Å². The molecule has 3 rings (SSSR count). The number of aromatic nitrogens is 2. The summed E-state index contributed by atoms with van der Waals surface area (Å²) in [6.45, 7) is 9.70. The van der Waals surface area contributed by atoms with Gasteiger partial charge in [0, 0.05) is 64.2 Å². The molecule has 2 N–H and O–H groups in total. The van der Waals surface area contributed by atoms with Crippen LogP contribution in [0.3, 0.4) is 0 Å². The summed E-state index contributed by atoms with van der Waals surface area (Å²) >= 11 is 0. The molecule has 1 aromatic rings. The highest BCUT2D eigenvalue weighted by Crippen LogP contribution is 2.20. The average molecular weight is 348 g/mol. The quantitative estimate of drug-likeness (QED) is 0.804. The van der Waals surface area contributed by atoms with E-state index in [1.807, 2.05) is 24.0 Å². The van der Waals surface area contributed by atoms with Gasteiger partial charge in [0.05, 0.1) is 12.6 Å². The van der Waals surface area contributed by atoms with Gasteiger partial charge in [0.15, 0.2) is 0 Å². The zero-order valence-electron chi connectivity index (χ0n) is 15.7. The lowest BCUT2D eigenvalue weighted by atomic mass is 10.0. The van der Waals surface area contributed by atoms with Crippen molar-refractivity contribution in [1.29, 1.82) is 0 Å². The molecule has 0 spiro atoms. The molecular formula is C18H32N6O. The summed E-state index contributed by atoms with van der Waals surface area (Å²) in [5, 5.41) is 6.67. The second-order valence-corrected chi connectivity index (χ2v) is 7.56. The first-order valence-electron chi connectivity index (χ1n) is 9.50. The molecule has 2 aliphatic rings.